The van der Waals surface area contributed by atoms with Crippen LogP contribution in [-0.2, 0) is 4.74 Å². The summed E-state index contributed by atoms with van der Waals surface area (Å²) in [5.41, 5.74) is 6.57. The van der Waals surface area contributed by atoms with E-state index in [-0.39, 0.29) is 5.82 Å². The molecule has 4 N–H and O–H groups in total. The van der Waals surface area contributed by atoms with Gasteiger partial charge in [-0.1, -0.05) is 11.8 Å². The lowest BCUT2D eigenvalue weighted by Crippen LogP contribution is -2.32. The third-order valence-corrected chi connectivity index (χ3v) is 3.99. The van der Waals surface area contributed by atoms with Gasteiger partial charge >= 0.3 is 0 Å². The van der Waals surface area contributed by atoms with Crippen molar-refractivity contribution in [2.45, 2.75) is 24.5 Å². The molecule has 3 rings (SSSR count). The average Bonchev–Trinajstić information content (AvgIpc) is 3.02. The van der Waals surface area contributed by atoms with Gasteiger partial charge in [0.05, 0.1) is 12.4 Å². The van der Waals surface area contributed by atoms with Crippen molar-refractivity contribution in [2.75, 3.05) is 11.5 Å². The van der Waals surface area contributed by atoms with Crippen LogP contribution in [0.2, 0.25) is 0 Å². The Kier molecular flexibility index (Phi) is 3.69. The van der Waals surface area contributed by atoms with E-state index in [4.69, 9.17) is 16.9 Å². The first-order chi connectivity index (χ1) is 10.1. The highest BCUT2D eigenvalue weighted by molar-refractivity contribution is 8.03. The van der Waals surface area contributed by atoms with Gasteiger partial charge in [-0.25, -0.2) is 15.0 Å². The summed E-state index contributed by atoms with van der Waals surface area (Å²) < 4.78 is 7.22. The number of hydrogen-bond donors (Lipinski definition) is 3. The lowest BCUT2D eigenvalue weighted by atomic mass is 10.1. The summed E-state index contributed by atoms with van der Waals surface area (Å²) in [4.78, 5) is 12.1. The van der Waals surface area contributed by atoms with Crippen LogP contribution in [-0.4, -0.2) is 53.8 Å². The number of terminal acetylenes is 1. The van der Waals surface area contributed by atoms with Crippen molar-refractivity contribution in [3.63, 3.8) is 0 Å². The lowest BCUT2D eigenvalue weighted by Gasteiger charge is -2.16. The molecule has 0 aromatic carbocycles. The fourth-order valence-electron chi connectivity index (χ4n) is 2.28. The molecule has 1 fully saturated rings. The molecule has 1 aliphatic rings. The second-order valence-corrected chi connectivity index (χ2v) is 5.42. The van der Waals surface area contributed by atoms with E-state index in [1.54, 1.807) is 0 Å². The Hall–Kier alpha value is -1.86. The summed E-state index contributed by atoms with van der Waals surface area (Å²) in [7, 11) is 0. The number of fused-ring (bicyclic) bond motifs is 1. The molecule has 4 atom stereocenters. The number of nitrogen functional groups attached to an aromatic ring is 1. The maximum Gasteiger partial charge on any atom is 0.167 e. The molecular weight excluding hydrogens is 294 g/mol. The minimum absolute atomic E-state index is 0.242. The minimum Gasteiger partial charge on any atom is -0.387 e. The van der Waals surface area contributed by atoms with Crippen LogP contribution in [0.15, 0.2) is 12.7 Å². The molecule has 3 heterocycles. The number of aromatic nitrogens is 4. The molecule has 0 aliphatic carbocycles. The molecule has 2 aromatic rings. The number of hydrogen-bond acceptors (Lipinski definition) is 8. The summed E-state index contributed by atoms with van der Waals surface area (Å²) in [6.07, 6.45) is 4.42. The number of imidazole rings is 1. The molecule has 0 radical (unpaired) electrons. The fourth-order valence-corrected chi connectivity index (χ4v) is 2.82. The molecule has 9 heteroatoms. The Balaban J connectivity index is 1.92. The molecule has 0 amide bonds. The van der Waals surface area contributed by atoms with Crippen molar-refractivity contribution < 1.29 is 14.9 Å². The zero-order valence-corrected chi connectivity index (χ0v) is 11.6. The Morgan fingerprint density at radius 1 is 1.38 bits per heavy atom. The predicted molar refractivity (Wildman–Crippen MR) is 77.0 cm³/mol. The Morgan fingerprint density at radius 3 is 2.95 bits per heavy atom. The van der Waals surface area contributed by atoms with Crippen molar-refractivity contribution in [3.05, 3.63) is 12.7 Å². The monoisotopic (exact) mass is 307 g/mol. The summed E-state index contributed by atoms with van der Waals surface area (Å²) in [5, 5.41) is 22.6. The Labute approximate surface area is 124 Å². The molecule has 0 spiro atoms. The van der Waals surface area contributed by atoms with Gasteiger partial charge in [0.1, 0.15) is 24.1 Å². The van der Waals surface area contributed by atoms with Crippen LogP contribution in [0.4, 0.5) is 5.82 Å². The van der Waals surface area contributed by atoms with E-state index in [0.29, 0.717) is 16.9 Å². The molecular formula is C12H13N5O3S. The summed E-state index contributed by atoms with van der Waals surface area (Å²) in [6, 6.07) is 0. The van der Waals surface area contributed by atoms with Crippen LogP contribution in [0.25, 0.3) is 11.2 Å². The SMILES string of the molecule is C#CSC[C@H]1OC(n2cnc3c(N)ncnc32)[C@H](O)[C@@H]1O. The topological polar surface area (TPSA) is 119 Å². The highest BCUT2D eigenvalue weighted by atomic mass is 32.2. The highest BCUT2D eigenvalue weighted by Gasteiger charge is 2.44. The Morgan fingerprint density at radius 2 is 2.19 bits per heavy atom. The molecule has 1 saturated heterocycles. The van der Waals surface area contributed by atoms with Gasteiger partial charge in [-0.2, -0.15) is 0 Å². The van der Waals surface area contributed by atoms with E-state index < -0.39 is 24.5 Å². The number of ether oxygens (including phenoxy) is 1. The van der Waals surface area contributed by atoms with Gasteiger partial charge < -0.3 is 20.7 Å². The van der Waals surface area contributed by atoms with Crippen LogP contribution in [0, 0.1) is 11.7 Å². The maximum absolute atomic E-state index is 10.2. The van der Waals surface area contributed by atoms with Gasteiger partial charge in [-0.3, -0.25) is 4.57 Å². The van der Waals surface area contributed by atoms with Crippen LogP contribution in [0.3, 0.4) is 0 Å². The van der Waals surface area contributed by atoms with Gasteiger partial charge in [0.2, 0.25) is 0 Å². The molecule has 2 aromatic heterocycles. The van der Waals surface area contributed by atoms with E-state index in [1.165, 1.54) is 29.0 Å². The van der Waals surface area contributed by atoms with Gasteiger partial charge in [0.25, 0.3) is 0 Å². The normalized spacial score (nSPS) is 28.8. The standard InChI is InChI=1S/C12H13N5O3S/c1-2-21-3-6-8(18)9(19)12(20-6)17-5-16-7-10(13)14-4-15-11(7)17/h1,4-6,8-9,12,18-19H,3H2,(H2,13,14,15)/t6-,8-,9-,12?/m1/s1. The zero-order valence-electron chi connectivity index (χ0n) is 10.8. The number of anilines is 1. The first-order valence-corrected chi connectivity index (χ1v) is 7.14. The molecule has 21 heavy (non-hydrogen) atoms. The second kappa shape index (κ2) is 5.50. The van der Waals surface area contributed by atoms with Crippen molar-refractivity contribution in [2.24, 2.45) is 0 Å². The van der Waals surface area contributed by atoms with Crippen molar-refractivity contribution in [3.8, 4) is 11.7 Å². The highest BCUT2D eigenvalue weighted by Crippen LogP contribution is 2.33. The van der Waals surface area contributed by atoms with E-state index in [0.717, 1.165) is 0 Å². The Bertz CT molecular complexity index is 700. The van der Waals surface area contributed by atoms with E-state index in [1.807, 2.05) is 0 Å². The number of thioether (sulfide) groups is 1. The summed E-state index contributed by atoms with van der Waals surface area (Å²) in [5.74, 6) is 0.626. The molecule has 0 bridgehead atoms. The minimum atomic E-state index is -1.11. The smallest absolute Gasteiger partial charge is 0.167 e. The quantitative estimate of drug-likeness (QED) is 0.640. The molecule has 8 nitrogen and oxygen atoms in total. The first-order valence-electron chi connectivity index (χ1n) is 6.15. The van der Waals surface area contributed by atoms with Crippen LogP contribution >= 0.6 is 11.8 Å². The van der Waals surface area contributed by atoms with Crippen LogP contribution in [0.5, 0.6) is 0 Å². The van der Waals surface area contributed by atoms with Gasteiger partial charge in [-0.15, -0.1) is 6.42 Å². The number of rotatable bonds is 3. The van der Waals surface area contributed by atoms with E-state index in [2.05, 4.69) is 20.2 Å². The van der Waals surface area contributed by atoms with Crippen LogP contribution in [0.1, 0.15) is 6.23 Å². The largest absolute Gasteiger partial charge is 0.387 e. The molecule has 0 saturated carbocycles. The fraction of sp³-hybridized carbons (Fsp3) is 0.417. The number of nitrogens with zero attached hydrogens (tertiary/aromatic N) is 4. The number of aliphatic hydroxyl groups is 2. The number of nitrogens with two attached hydrogens (primary N) is 1. The maximum atomic E-state index is 10.2. The predicted octanol–water partition coefficient (Wildman–Crippen LogP) is -0.648. The second-order valence-electron chi connectivity index (χ2n) is 4.56. The molecule has 1 aliphatic heterocycles. The lowest BCUT2D eigenvalue weighted by molar-refractivity contribution is -0.0288. The van der Waals surface area contributed by atoms with Crippen molar-refractivity contribution in [1.29, 1.82) is 0 Å². The van der Waals surface area contributed by atoms with E-state index >= 15 is 0 Å². The molecule has 110 valence electrons. The van der Waals surface area contributed by atoms with Gasteiger partial charge in [0.15, 0.2) is 17.7 Å². The first kappa shape index (κ1) is 14.1. The van der Waals surface area contributed by atoms with Crippen molar-refractivity contribution in [1.82, 2.24) is 19.5 Å². The van der Waals surface area contributed by atoms with Crippen LogP contribution < -0.4 is 5.73 Å². The molecule has 1 unspecified atom stereocenters. The zero-order chi connectivity index (χ0) is 15.0. The third kappa shape index (κ3) is 2.32. The average molecular weight is 307 g/mol. The number of aliphatic hydroxyl groups excluding tert-OH is 2. The van der Waals surface area contributed by atoms with Gasteiger partial charge in [-0.05, 0) is 5.25 Å². The third-order valence-electron chi connectivity index (χ3n) is 3.33. The summed E-state index contributed by atoms with van der Waals surface area (Å²) in [6.45, 7) is 0. The van der Waals surface area contributed by atoms with E-state index in [9.17, 15) is 10.2 Å². The van der Waals surface area contributed by atoms with Crippen molar-refractivity contribution >= 4 is 28.7 Å². The van der Waals surface area contributed by atoms with Gasteiger partial charge in [0, 0.05) is 5.75 Å². The summed E-state index contributed by atoms with van der Waals surface area (Å²) >= 11 is 1.18.